The highest BCUT2D eigenvalue weighted by molar-refractivity contribution is 5.82. The quantitative estimate of drug-likeness (QED) is 0.639. The van der Waals surface area contributed by atoms with Crippen molar-refractivity contribution in [1.82, 2.24) is 4.57 Å². The number of nitrogens with zero attached hydrogens (tertiary/aromatic N) is 3. The number of aryl methyl sites for hydroxylation is 1. The fraction of sp³-hybridized carbons (Fsp3) is 0.294. The van der Waals surface area contributed by atoms with Gasteiger partial charge in [-0.3, -0.25) is 14.9 Å². The number of pyridine rings is 1. The number of carbonyl (C=O) groups is 1. The van der Waals surface area contributed by atoms with Gasteiger partial charge in [0.15, 0.2) is 0 Å². The van der Waals surface area contributed by atoms with Gasteiger partial charge in [0.25, 0.3) is 5.91 Å². The van der Waals surface area contributed by atoms with Gasteiger partial charge < -0.3 is 4.57 Å². The number of carbonyl (C=O) groups excluding carboxylic acids is 1. The highest BCUT2D eigenvalue weighted by Gasteiger charge is 2.53. The van der Waals surface area contributed by atoms with Gasteiger partial charge in [0.05, 0.1) is 0 Å². The molecule has 1 aromatic carbocycles. The van der Waals surface area contributed by atoms with Crippen LogP contribution in [0, 0.1) is 23.0 Å². The predicted molar refractivity (Wildman–Crippen MR) is 84.2 cm³/mol. The minimum absolute atomic E-state index is 0.292. The first-order valence-corrected chi connectivity index (χ1v) is 7.47. The van der Waals surface area contributed by atoms with Crippen LogP contribution in [0.15, 0.2) is 53.7 Å². The average molecular weight is 311 g/mol. The molecule has 1 fully saturated rings. The Morgan fingerprint density at radius 2 is 2.04 bits per heavy atom. The molecule has 0 N–H and O–H groups in total. The van der Waals surface area contributed by atoms with Crippen LogP contribution < -0.4 is 5.49 Å². The van der Waals surface area contributed by atoms with Crippen LogP contribution in [-0.2, 0) is 11.3 Å². The van der Waals surface area contributed by atoms with E-state index >= 15 is 0 Å². The van der Waals surface area contributed by atoms with Crippen molar-refractivity contribution in [1.29, 1.82) is 0 Å². The van der Waals surface area contributed by atoms with Crippen molar-refractivity contribution in [3.63, 3.8) is 0 Å². The topological polar surface area (TPSA) is 77.5 Å². The lowest BCUT2D eigenvalue weighted by molar-refractivity contribution is -0.497. The van der Waals surface area contributed by atoms with Crippen LogP contribution in [-0.4, -0.2) is 21.4 Å². The summed E-state index contributed by atoms with van der Waals surface area (Å²) in [5.41, 5.74) is 2.81. The highest BCUT2D eigenvalue weighted by Crippen LogP contribution is 2.33. The van der Waals surface area contributed by atoms with Gasteiger partial charge in [-0.25, -0.2) is 0 Å². The molecule has 1 amide bonds. The maximum atomic E-state index is 12.1. The molecule has 0 spiro atoms. The second kappa shape index (κ2) is 6.16. The fourth-order valence-corrected chi connectivity index (χ4v) is 2.47. The zero-order valence-electron chi connectivity index (χ0n) is 12.8. The zero-order valence-corrected chi connectivity index (χ0v) is 12.8. The monoisotopic (exact) mass is 311 g/mol. The van der Waals surface area contributed by atoms with Gasteiger partial charge in [-0.05, 0) is 24.6 Å². The largest absolute Gasteiger partial charge is 0.328 e. The molecular formula is C17H17N3O3. The van der Waals surface area contributed by atoms with Crippen LogP contribution in [0.25, 0.3) is 0 Å². The molecule has 118 valence electrons. The molecular weight excluding hydrogens is 294 g/mol. The zero-order chi connectivity index (χ0) is 16.4. The molecule has 1 aliphatic rings. The standard InChI is InChI=1S/C17H17N3O3/c1-12-5-7-13(8-6-12)11-19-9-3-2-4-16(19)18-17(21)14-10-15(14)20(22)23/h2-9,14-15H,10-11H2,1H3/t14-,15+/m0/s1. The van der Waals surface area contributed by atoms with Gasteiger partial charge in [-0.15, -0.1) is 0 Å². The molecule has 0 radical (unpaired) electrons. The smallest absolute Gasteiger partial charge is 0.257 e. The summed E-state index contributed by atoms with van der Waals surface area (Å²) >= 11 is 0. The Morgan fingerprint density at radius 1 is 1.30 bits per heavy atom. The van der Waals surface area contributed by atoms with Crippen molar-refractivity contribution < 1.29 is 9.72 Å². The van der Waals surface area contributed by atoms with Crippen LogP contribution in [0.2, 0.25) is 0 Å². The van der Waals surface area contributed by atoms with Crippen molar-refractivity contribution in [3.8, 4) is 0 Å². The molecule has 2 atom stereocenters. The van der Waals surface area contributed by atoms with Gasteiger partial charge in [-0.2, -0.15) is 4.99 Å². The van der Waals surface area contributed by atoms with Crippen molar-refractivity contribution in [3.05, 3.63) is 75.4 Å². The lowest BCUT2D eigenvalue weighted by atomic mass is 10.1. The number of hydrogen-bond donors (Lipinski definition) is 0. The lowest BCUT2D eigenvalue weighted by Crippen LogP contribution is -2.23. The SMILES string of the molecule is Cc1ccc(Cn2ccccc2=NC(=O)[C@H]2C[C@H]2[N+](=O)[O-])cc1. The third-order valence-corrected chi connectivity index (χ3v) is 3.96. The van der Waals surface area contributed by atoms with Crippen molar-refractivity contribution in [2.45, 2.75) is 25.9 Å². The molecule has 0 aliphatic heterocycles. The number of hydrogen-bond acceptors (Lipinski definition) is 3. The van der Waals surface area contributed by atoms with E-state index in [0.29, 0.717) is 18.5 Å². The van der Waals surface area contributed by atoms with E-state index in [9.17, 15) is 14.9 Å². The Hall–Kier alpha value is -2.76. The van der Waals surface area contributed by atoms with Crippen LogP contribution in [0.1, 0.15) is 17.5 Å². The molecule has 1 aliphatic carbocycles. The molecule has 6 heteroatoms. The molecule has 2 aromatic rings. The summed E-state index contributed by atoms with van der Waals surface area (Å²) in [7, 11) is 0. The van der Waals surface area contributed by atoms with E-state index in [-0.39, 0.29) is 0 Å². The molecule has 0 saturated heterocycles. The Kier molecular flexibility index (Phi) is 4.06. The molecule has 6 nitrogen and oxygen atoms in total. The number of amides is 1. The van der Waals surface area contributed by atoms with Crippen LogP contribution in [0.5, 0.6) is 0 Å². The number of rotatable bonds is 4. The Bertz CT molecular complexity index is 808. The summed E-state index contributed by atoms with van der Waals surface area (Å²) in [5, 5.41) is 10.7. The Morgan fingerprint density at radius 3 is 2.70 bits per heavy atom. The predicted octanol–water partition coefficient (Wildman–Crippen LogP) is 1.94. The van der Waals surface area contributed by atoms with Crippen LogP contribution in [0.3, 0.4) is 0 Å². The molecule has 1 heterocycles. The minimum Gasteiger partial charge on any atom is -0.328 e. The highest BCUT2D eigenvalue weighted by atomic mass is 16.6. The van der Waals surface area contributed by atoms with Crippen LogP contribution in [0.4, 0.5) is 0 Å². The van der Waals surface area contributed by atoms with Gasteiger partial charge in [0.1, 0.15) is 11.4 Å². The Labute approximate surface area is 133 Å². The summed E-state index contributed by atoms with van der Waals surface area (Å²) in [6.07, 6.45) is 2.14. The summed E-state index contributed by atoms with van der Waals surface area (Å²) in [6, 6.07) is 12.8. The van der Waals surface area contributed by atoms with Gasteiger partial charge in [0.2, 0.25) is 6.04 Å². The molecule has 1 aromatic heterocycles. The molecule has 3 rings (SSSR count). The Balaban J connectivity index is 1.83. The molecule has 23 heavy (non-hydrogen) atoms. The van der Waals surface area contributed by atoms with E-state index in [1.165, 1.54) is 5.56 Å². The van der Waals surface area contributed by atoms with Crippen molar-refractivity contribution in [2.75, 3.05) is 0 Å². The summed E-state index contributed by atoms with van der Waals surface area (Å²) in [5.74, 6) is -0.978. The lowest BCUT2D eigenvalue weighted by Gasteiger charge is -2.07. The average Bonchev–Trinajstić information content (AvgIpc) is 3.32. The van der Waals surface area contributed by atoms with Gasteiger partial charge >= 0.3 is 0 Å². The fourth-order valence-electron chi connectivity index (χ4n) is 2.47. The van der Waals surface area contributed by atoms with E-state index in [1.807, 2.05) is 48.0 Å². The minimum atomic E-state index is -0.763. The first-order valence-electron chi connectivity index (χ1n) is 7.47. The van der Waals surface area contributed by atoms with E-state index in [4.69, 9.17) is 0 Å². The van der Waals surface area contributed by atoms with Crippen molar-refractivity contribution in [2.24, 2.45) is 10.9 Å². The van der Waals surface area contributed by atoms with E-state index in [2.05, 4.69) is 4.99 Å². The molecule has 1 saturated carbocycles. The number of nitro groups is 1. The summed E-state index contributed by atoms with van der Waals surface area (Å²) in [6.45, 7) is 2.62. The maximum absolute atomic E-state index is 12.1. The number of benzene rings is 1. The normalized spacial score (nSPS) is 20.3. The third kappa shape index (κ3) is 3.53. The van der Waals surface area contributed by atoms with E-state index in [0.717, 1.165) is 5.56 Å². The van der Waals surface area contributed by atoms with Gasteiger partial charge in [0, 0.05) is 24.1 Å². The summed E-state index contributed by atoms with van der Waals surface area (Å²) in [4.78, 5) is 26.4. The van der Waals surface area contributed by atoms with E-state index < -0.39 is 22.8 Å². The first kappa shape index (κ1) is 15.1. The van der Waals surface area contributed by atoms with Crippen LogP contribution >= 0.6 is 0 Å². The molecule has 0 bridgehead atoms. The summed E-state index contributed by atoms with van der Waals surface area (Å²) < 4.78 is 1.87. The molecule has 0 unspecified atom stereocenters. The van der Waals surface area contributed by atoms with Crippen molar-refractivity contribution >= 4 is 5.91 Å². The van der Waals surface area contributed by atoms with Gasteiger partial charge in [-0.1, -0.05) is 35.9 Å². The van der Waals surface area contributed by atoms with E-state index in [1.54, 1.807) is 12.1 Å². The second-order valence-corrected chi connectivity index (χ2v) is 5.82. The second-order valence-electron chi connectivity index (χ2n) is 5.82. The maximum Gasteiger partial charge on any atom is 0.257 e. The number of aromatic nitrogens is 1. The third-order valence-electron chi connectivity index (χ3n) is 3.96. The first-order chi connectivity index (χ1) is 11.0.